The SMILES string of the molecule is O=C(NCC1(C(=O)O)CCCCC1)C1COc2ccccc2C1. The van der Waals surface area contributed by atoms with Crippen molar-refractivity contribution in [2.45, 2.75) is 38.5 Å². The summed E-state index contributed by atoms with van der Waals surface area (Å²) in [5.41, 5.74) is 0.242. The molecule has 0 spiro atoms. The summed E-state index contributed by atoms with van der Waals surface area (Å²) in [6, 6.07) is 7.72. The maximum Gasteiger partial charge on any atom is 0.311 e. The highest BCUT2D eigenvalue weighted by molar-refractivity contribution is 5.81. The van der Waals surface area contributed by atoms with Gasteiger partial charge >= 0.3 is 5.97 Å². The van der Waals surface area contributed by atoms with Crippen molar-refractivity contribution >= 4 is 11.9 Å². The molecule has 0 aromatic heterocycles. The van der Waals surface area contributed by atoms with E-state index >= 15 is 0 Å². The van der Waals surface area contributed by atoms with Crippen LogP contribution >= 0.6 is 0 Å². The lowest BCUT2D eigenvalue weighted by atomic mass is 9.74. The lowest BCUT2D eigenvalue weighted by molar-refractivity contribution is -0.151. The molecule has 1 heterocycles. The van der Waals surface area contributed by atoms with E-state index in [1.165, 1.54) is 0 Å². The molecule has 1 saturated carbocycles. The summed E-state index contributed by atoms with van der Waals surface area (Å²) >= 11 is 0. The molecule has 3 rings (SSSR count). The second-order valence-corrected chi connectivity index (χ2v) is 6.68. The number of rotatable bonds is 4. The molecule has 1 amide bonds. The number of fused-ring (bicyclic) bond motifs is 1. The maximum absolute atomic E-state index is 12.4. The Hall–Kier alpha value is -2.04. The minimum absolute atomic E-state index is 0.106. The van der Waals surface area contributed by atoms with Crippen LogP contribution in [0.4, 0.5) is 0 Å². The van der Waals surface area contributed by atoms with Crippen LogP contribution in [0.3, 0.4) is 0 Å². The number of carboxylic acid groups (broad SMARTS) is 1. The van der Waals surface area contributed by atoms with Crippen LogP contribution in [0.15, 0.2) is 24.3 Å². The summed E-state index contributed by atoms with van der Waals surface area (Å²) in [6.45, 7) is 0.572. The molecule has 124 valence electrons. The zero-order valence-corrected chi connectivity index (χ0v) is 13.2. The third kappa shape index (κ3) is 3.33. The fourth-order valence-electron chi connectivity index (χ4n) is 3.59. The summed E-state index contributed by atoms with van der Waals surface area (Å²) in [7, 11) is 0. The van der Waals surface area contributed by atoms with Crippen molar-refractivity contribution in [3.8, 4) is 5.75 Å². The summed E-state index contributed by atoms with van der Waals surface area (Å²) in [5.74, 6) is -0.307. The molecule has 0 saturated heterocycles. The number of amides is 1. The number of carbonyl (C=O) groups is 2. The Kier molecular flexibility index (Phi) is 4.55. The molecule has 5 heteroatoms. The quantitative estimate of drug-likeness (QED) is 0.894. The van der Waals surface area contributed by atoms with Gasteiger partial charge < -0.3 is 15.2 Å². The molecule has 23 heavy (non-hydrogen) atoms. The fraction of sp³-hybridized carbons (Fsp3) is 0.556. The Morgan fingerprint density at radius 1 is 1.22 bits per heavy atom. The fourth-order valence-corrected chi connectivity index (χ4v) is 3.59. The van der Waals surface area contributed by atoms with Crippen LogP contribution in [-0.4, -0.2) is 30.1 Å². The monoisotopic (exact) mass is 317 g/mol. The van der Waals surface area contributed by atoms with Crippen molar-refractivity contribution < 1.29 is 19.4 Å². The molecule has 0 bridgehead atoms. The zero-order chi connectivity index (χ0) is 16.3. The van der Waals surface area contributed by atoms with Crippen LogP contribution in [0.1, 0.15) is 37.7 Å². The van der Waals surface area contributed by atoms with E-state index in [0.717, 1.165) is 30.6 Å². The number of carbonyl (C=O) groups excluding carboxylic acids is 1. The highest BCUT2D eigenvalue weighted by Gasteiger charge is 2.40. The smallest absolute Gasteiger partial charge is 0.311 e. The second kappa shape index (κ2) is 6.60. The van der Waals surface area contributed by atoms with Crippen LogP contribution in [0, 0.1) is 11.3 Å². The van der Waals surface area contributed by atoms with E-state index in [9.17, 15) is 14.7 Å². The Bertz CT molecular complexity index is 592. The van der Waals surface area contributed by atoms with Gasteiger partial charge in [-0.25, -0.2) is 0 Å². The van der Waals surface area contributed by atoms with Crippen molar-refractivity contribution in [2.75, 3.05) is 13.2 Å². The molecular weight excluding hydrogens is 294 g/mol. The number of benzene rings is 1. The first-order chi connectivity index (χ1) is 11.1. The molecule has 1 atom stereocenters. The van der Waals surface area contributed by atoms with Gasteiger partial charge in [0.05, 0.1) is 11.3 Å². The van der Waals surface area contributed by atoms with E-state index in [0.29, 0.717) is 25.9 Å². The largest absolute Gasteiger partial charge is 0.492 e. The van der Waals surface area contributed by atoms with Gasteiger partial charge in [0.25, 0.3) is 0 Å². The van der Waals surface area contributed by atoms with Crippen molar-refractivity contribution in [2.24, 2.45) is 11.3 Å². The van der Waals surface area contributed by atoms with Gasteiger partial charge in [-0.05, 0) is 30.9 Å². The molecule has 1 aliphatic heterocycles. The Balaban J connectivity index is 1.60. The number of aliphatic carboxylic acids is 1. The maximum atomic E-state index is 12.4. The third-order valence-electron chi connectivity index (χ3n) is 5.12. The molecule has 1 unspecified atom stereocenters. The molecule has 2 N–H and O–H groups in total. The van der Waals surface area contributed by atoms with Gasteiger partial charge in [0.2, 0.25) is 5.91 Å². The van der Waals surface area contributed by atoms with Gasteiger partial charge in [-0.1, -0.05) is 37.5 Å². The average Bonchev–Trinajstić information content (AvgIpc) is 2.60. The first kappa shape index (κ1) is 15.8. The second-order valence-electron chi connectivity index (χ2n) is 6.68. The van der Waals surface area contributed by atoms with Crippen LogP contribution in [0.5, 0.6) is 5.75 Å². The van der Waals surface area contributed by atoms with Crippen LogP contribution in [-0.2, 0) is 16.0 Å². The molecule has 1 aromatic carbocycles. The first-order valence-electron chi connectivity index (χ1n) is 8.32. The van der Waals surface area contributed by atoms with Crippen molar-refractivity contribution in [3.05, 3.63) is 29.8 Å². The van der Waals surface area contributed by atoms with E-state index in [2.05, 4.69) is 5.32 Å². The number of ether oxygens (including phenoxy) is 1. The normalized spacial score (nSPS) is 22.5. The highest BCUT2D eigenvalue weighted by atomic mass is 16.5. The van der Waals surface area contributed by atoms with Crippen LogP contribution in [0.2, 0.25) is 0 Å². The molecule has 5 nitrogen and oxygen atoms in total. The van der Waals surface area contributed by atoms with Gasteiger partial charge in [-0.3, -0.25) is 9.59 Å². The first-order valence-corrected chi connectivity index (χ1v) is 8.32. The number of nitrogens with one attached hydrogen (secondary N) is 1. The van der Waals surface area contributed by atoms with Gasteiger partial charge in [-0.15, -0.1) is 0 Å². The number of para-hydroxylation sites is 1. The van der Waals surface area contributed by atoms with Crippen LogP contribution in [0.25, 0.3) is 0 Å². The van der Waals surface area contributed by atoms with Gasteiger partial charge in [-0.2, -0.15) is 0 Å². The molecule has 1 fully saturated rings. The molecule has 1 aromatic rings. The minimum Gasteiger partial charge on any atom is -0.492 e. The molecule has 1 aliphatic carbocycles. The number of hydrogen-bond acceptors (Lipinski definition) is 3. The summed E-state index contributed by atoms with van der Waals surface area (Å²) in [4.78, 5) is 24.1. The third-order valence-corrected chi connectivity index (χ3v) is 5.12. The highest BCUT2D eigenvalue weighted by Crippen LogP contribution is 2.36. The van der Waals surface area contributed by atoms with E-state index in [4.69, 9.17) is 4.74 Å². The summed E-state index contributed by atoms with van der Waals surface area (Å²) in [5, 5.41) is 12.4. The number of carboxylic acids is 1. The molecular formula is C18H23NO4. The molecule has 2 aliphatic rings. The predicted octanol–water partition coefficient (Wildman–Crippen LogP) is 2.39. The zero-order valence-electron chi connectivity index (χ0n) is 13.2. The Labute approximate surface area is 136 Å². The van der Waals surface area contributed by atoms with Crippen LogP contribution < -0.4 is 10.1 Å². The van der Waals surface area contributed by atoms with Crippen molar-refractivity contribution in [1.82, 2.24) is 5.32 Å². The summed E-state index contributed by atoms with van der Waals surface area (Å²) in [6.07, 6.45) is 4.85. The van der Waals surface area contributed by atoms with E-state index in [-0.39, 0.29) is 18.4 Å². The van der Waals surface area contributed by atoms with Crippen molar-refractivity contribution in [1.29, 1.82) is 0 Å². The van der Waals surface area contributed by atoms with Gasteiger partial charge in [0.1, 0.15) is 12.4 Å². The lowest BCUT2D eigenvalue weighted by Crippen LogP contribution is -2.47. The van der Waals surface area contributed by atoms with E-state index in [1.807, 2.05) is 24.3 Å². The lowest BCUT2D eigenvalue weighted by Gasteiger charge is -2.34. The Morgan fingerprint density at radius 2 is 1.96 bits per heavy atom. The molecule has 0 radical (unpaired) electrons. The summed E-state index contributed by atoms with van der Waals surface area (Å²) < 4.78 is 5.64. The van der Waals surface area contributed by atoms with Crippen molar-refractivity contribution in [3.63, 3.8) is 0 Å². The van der Waals surface area contributed by atoms with Gasteiger partial charge in [0, 0.05) is 6.54 Å². The van der Waals surface area contributed by atoms with E-state index in [1.54, 1.807) is 0 Å². The average molecular weight is 317 g/mol. The Morgan fingerprint density at radius 3 is 2.70 bits per heavy atom. The predicted molar refractivity (Wildman–Crippen MR) is 85.3 cm³/mol. The number of hydrogen-bond donors (Lipinski definition) is 2. The minimum atomic E-state index is -0.790. The van der Waals surface area contributed by atoms with Gasteiger partial charge in [0.15, 0.2) is 0 Å². The van der Waals surface area contributed by atoms with E-state index < -0.39 is 11.4 Å². The topological polar surface area (TPSA) is 75.6 Å². The standard InChI is InChI=1S/C18H23NO4/c20-16(14-10-13-6-2-3-7-15(13)23-11-14)19-12-18(17(21)22)8-4-1-5-9-18/h2-3,6-7,14H,1,4-5,8-12H2,(H,19,20)(H,21,22).